The summed E-state index contributed by atoms with van der Waals surface area (Å²) in [5, 5.41) is 56.3. The van der Waals surface area contributed by atoms with Crippen molar-refractivity contribution in [1.82, 2.24) is 21.3 Å². The van der Waals surface area contributed by atoms with Gasteiger partial charge in [0.25, 0.3) is 0 Å². The number of rotatable bonds is 11. The SMILES string of the molecule is CC1(C)SC(C(NC(=O)[C@H](N)c2ccc(O)cc2)C(=O)O)N[C@H]1C(=O)O.CC1(C)S[C@H](CNC(=O)[C@H](N)c2ccc(O)cc2)N[C@H]1C(=O)O. The van der Waals surface area contributed by atoms with Crippen molar-refractivity contribution >= 4 is 53.2 Å². The lowest BCUT2D eigenvalue weighted by Crippen LogP contribution is -2.55. The van der Waals surface area contributed by atoms with Crippen molar-refractivity contribution in [3.8, 4) is 11.5 Å². The fourth-order valence-electron chi connectivity index (χ4n) is 5.13. The van der Waals surface area contributed by atoms with Crippen LogP contribution in [0.2, 0.25) is 0 Å². The molecule has 49 heavy (non-hydrogen) atoms. The molecular weight excluding hydrogens is 681 g/mol. The molecule has 13 N–H and O–H groups in total. The highest BCUT2D eigenvalue weighted by molar-refractivity contribution is 8.01. The van der Waals surface area contributed by atoms with E-state index in [4.69, 9.17) is 11.5 Å². The number of hydrogen-bond donors (Lipinski definition) is 11. The van der Waals surface area contributed by atoms with E-state index in [9.17, 15) is 49.5 Å². The van der Waals surface area contributed by atoms with Crippen LogP contribution in [0.15, 0.2) is 48.5 Å². The van der Waals surface area contributed by atoms with Gasteiger partial charge in [0.15, 0.2) is 6.04 Å². The molecule has 2 aromatic carbocycles. The minimum atomic E-state index is -1.36. The Morgan fingerprint density at radius 2 is 1.16 bits per heavy atom. The second-order valence-corrected chi connectivity index (χ2v) is 16.1. The van der Waals surface area contributed by atoms with Gasteiger partial charge in [0, 0.05) is 16.0 Å². The number of carbonyl (C=O) groups is 5. The van der Waals surface area contributed by atoms with Crippen LogP contribution in [0.25, 0.3) is 0 Å². The van der Waals surface area contributed by atoms with E-state index in [1.807, 2.05) is 13.8 Å². The van der Waals surface area contributed by atoms with Crippen LogP contribution in [-0.4, -0.2) is 100 Å². The third-order valence-corrected chi connectivity index (χ3v) is 10.8. The molecule has 2 saturated heterocycles. The van der Waals surface area contributed by atoms with Crippen LogP contribution < -0.4 is 32.7 Å². The number of carboxylic acid groups (broad SMARTS) is 3. The molecule has 0 spiro atoms. The molecule has 7 atom stereocenters. The molecule has 0 aromatic heterocycles. The van der Waals surface area contributed by atoms with Gasteiger partial charge in [-0.3, -0.25) is 29.8 Å². The Morgan fingerprint density at radius 3 is 1.57 bits per heavy atom. The molecule has 0 saturated carbocycles. The Labute approximate surface area is 290 Å². The van der Waals surface area contributed by atoms with Crippen LogP contribution in [0.4, 0.5) is 0 Å². The van der Waals surface area contributed by atoms with Crippen molar-refractivity contribution in [2.24, 2.45) is 11.5 Å². The average Bonchev–Trinajstić information content (AvgIpc) is 3.52. The second-order valence-electron chi connectivity index (χ2n) is 12.4. The summed E-state index contributed by atoms with van der Waals surface area (Å²) in [7, 11) is 0. The van der Waals surface area contributed by atoms with Crippen LogP contribution in [0, 0.1) is 0 Å². The summed E-state index contributed by atoms with van der Waals surface area (Å²) in [6, 6.07) is 6.81. The molecule has 2 fully saturated rings. The predicted molar refractivity (Wildman–Crippen MR) is 183 cm³/mol. The largest absolute Gasteiger partial charge is 0.508 e. The zero-order chi connectivity index (χ0) is 36.8. The third-order valence-electron chi connectivity index (χ3n) is 7.84. The van der Waals surface area contributed by atoms with Gasteiger partial charge < -0.3 is 47.6 Å². The molecule has 2 amide bonds. The van der Waals surface area contributed by atoms with Crippen LogP contribution in [0.1, 0.15) is 50.9 Å². The summed E-state index contributed by atoms with van der Waals surface area (Å²) in [6.45, 7) is 7.36. The van der Waals surface area contributed by atoms with E-state index < -0.39 is 68.9 Å². The second kappa shape index (κ2) is 16.1. The van der Waals surface area contributed by atoms with Crippen molar-refractivity contribution in [2.45, 2.75) is 78.1 Å². The number of carbonyl (C=O) groups excluding carboxylic acids is 2. The van der Waals surface area contributed by atoms with Gasteiger partial charge in [-0.2, -0.15) is 0 Å². The maximum atomic E-state index is 12.4. The molecule has 0 aliphatic carbocycles. The summed E-state index contributed by atoms with van der Waals surface area (Å²) in [6.07, 6.45) is 0. The standard InChI is InChI=1S/C16H21N3O6S.C15H21N3O4S/c1-16(2)11(15(24)25)19-13(26-16)10(14(22)23)18-12(21)9(17)7-3-5-8(20)6-4-7;1-15(2)12(14(21)22)18-10(23-15)7-17-13(20)11(16)8-3-5-9(19)6-4-8/h3-6,9-11,13,19-20H,17H2,1-2H3,(H,18,21)(H,22,23)(H,24,25);3-6,10-12,18-19H,7,16H2,1-2H3,(H,17,20)(H,21,22)/t9-,10?,11+,13?;10-,11-,12+/m11/s1. The van der Waals surface area contributed by atoms with Crippen molar-refractivity contribution < 1.29 is 49.5 Å². The Balaban J connectivity index is 0.000000267. The number of hydrogen-bond acceptors (Lipinski definition) is 13. The van der Waals surface area contributed by atoms with Gasteiger partial charge in [-0.05, 0) is 63.1 Å². The Hall–Kier alpha value is -4.07. The zero-order valence-corrected chi connectivity index (χ0v) is 28.7. The predicted octanol–water partition coefficient (Wildman–Crippen LogP) is 0.258. The van der Waals surface area contributed by atoms with Gasteiger partial charge >= 0.3 is 17.9 Å². The van der Waals surface area contributed by atoms with Crippen molar-refractivity contribution in [3.63, 3.8) is 0 Å². The normalized spacial score (nSPS) is 24.0. The first-order chi connectivity index (χ1) is 22.7. The molecule has 2 aliphatic rings. The minimum absolute atomic E-state index is 0.0123. The Morgan fingerprint density at radius 1 is 0.735 bits per heavy atom. The first kappa shape index (κ1) is 39.4. The quantitative estimate of drug-likeness (QED) is 0.148. The maximum Gasteiger partial charge on any atom is 0.328 e. The van der Waals surface area contributed by atoms with Gasteiger partial charge in [0.2, 0.25) is 11.8 Å². The number of benzene rings is 2. The number of carboxylic acids is 3. The van der Waals surface area contributed by atoms with E-state index in [0.29, 0.717) is 11.1 Å². The zero-order valence-electron chi connectivity index (χ0n) is 27.1. The van der Waals surface area contributed by atoms with Gasteiger partial charge in [0.1, 0.15) is 35.7 Å². The summed E-state index contributed by atoms with van der Waals surface area (Å²) in [4.78, 5) is 58.7. The van der Waals surface area contributed by atoms with Crippen LogP contribution in [0.5, 0.6) is 11.5 Å². The van der Waals surface area contributed by atoms with Crippen molar-refractivity contribution in [1.29, 1.82) is 0 Å². The summed E-state index contributed by atoms with van der Waals surface area (Å²) in [5.74, 6) is -4.26. The number of aromatic hydroxyl groups is 2. The first-order valence-corrected chi connectivity index (χ1v) is 16.7. The van der Waals surface area contributed by atoms with Gasteiger partial charge in [-0.25, -0.2) is 4.79 Å². The number of nitrogens with one attached hydrogen (secondary N) is 4. The molecule has 0 radical (unpaired) electrons. The lowest BCUT2D eigenvalue weighted by molar-refractivity contribution is -0.143. The lowest BCUT2D eigenvalue weighted by atomic mass is 10.0. The van der Waals surface area contributed by atoms with E-state index in [0.717, 1.165) is 11.8 Å². The molecule has 0 bridgehead atoms. The highest BCUT2D eigenvalue weighted by atomic mass is 32.2. The number of aliphatic carboxylic acids is 3. The molecule has 2 heterocycles. The number of phenolic OH excluding ortho intramolecular Hbond substituents is 2. The fourth-order valence-corrected chi connectivity index (χ4v) is 8.02. The van der Waals surface area contributed by atoms with Crippen molar-refractivity contribution in [3.05, 3.63) is 59.7 Å². The van der Waals surface area contributed by atoms with Gasteiger partial charge in [0.05, 0.1) is 10.7 Å². The van der Waals surface area contributed by atoms with E-state index in [-0.39, 0.29) is 29.3 Å². The van der Waals surface area contributed by atoms with Gasteiger partial charge in [-0.15, -0.1) is 23.5 Å². The number of amides is 2. The molecule has 4 rings (SSSR count). The molecule has 268 valence electrons. The fraction of sp³-hybridized carbons (Fsp3) is 0.452. The van der Waals surface area contributed by atoms with Crippen LogP contribution in [-0.2, 0) is 24.0 Å². The molecule has 16 nitrogen and oxygen atoms in total. The topological polar surface area (TPSA) is 287 Å². The Bertz CT molecular complexity index is 1530. The number of phenols is 2. The molecule has 2 unspecified atom stereocenters. The van der Waals surface area contributed by atoms with Crippen LogP contribution >= 0.6 is 23.5 Å². The monoisotopic (exact) mass is 722 g/mol. The molecule has 2 aromatic rings. The molecule has 2 aliphatic heterocycles. The summed E-state index contributed by atoms with van der Waals surface area (Å²) in [5.41, 5.74) is 12.7. The van der Waals surface area contributed by atoms with Crippen LogP contribution in [0.3, 0.4) is 0 Å². The highest BCUT2D eigenvalue weighted by Crippen LogP contribution is 2.39. The van der Waals surface area contributed by atoms with Gasteiger partial charge in [-0.1, -0.05) is 24.3 Å². The van der Waals surface area contributed by atoms with E-state index in [1.54, 1.807) is 26.0 Å². The summed E-state index contributed by atoms with van der Waals surface area (Å²) < 4.78 is -1.21. The number of thioether (sulfide) groups is 2. The molecule has 18 heteroatoms. The van der Waals surface area contributed by atoms with E-state index >= 15 is 0 Å². The number of nitrogens with two attached hydrogens (primary N) is 2. The summed E-state index contributed by atoms with van der Waals surface area (Å²) >= 11 is 2.61. The van der Waals surface area contributed by atoms with E-state index in [1.165, 1.54) is 48.2 Å². The molecular formula is C31H42N6O10S2. The smallest absolute Gasteiger partial charge is 0.328 e. The highest BCUT2D eigenvalue weighted by Gasteiger charge is 2.49. The maximum absolute atomic E-state index is 12.4. The average molecular weight is 723 g/mol. The third kappa shape index (κ3) is 10.2. The van der Waals surface area contributed by atoms with E-state index in [2.05, 4.69) is 21.3 Å². The lowest BCUT2D eigenvalue weighted by Gasteiger charge is -2.23. The Kier molecular flexibility index (Phi) is 12.9. The van der Waals surface area contributed by atoms with Crippen molar-refractivity contribution in [2.75, 3.05) is 6.54 Å². The first-order valence-electron chi connectivity index (χ1n) is 15.0. The minimum Gasteiger partial charge on any atom is -0.508 e.